The number of allylic oxidation sites excluding steroid dienone is 1. The molecule has 12 heteroatoms. The zero-order valence-corrected chi connectivity index (χ0v) is 23.9. The molecular formula is C30H39F2N3O7. The van der Waals surface area contributed by atoms with Crippen molar-refractivity contribution in [2.24, 2.45) is 5.92 Å². The Balaban J connectivity index is 1.68. The van der Waals surface area contributed by atoms with E-state index in [4.69, 9.17) is 9.47 Å². The Bertz CT molecular complexity index is 1160. The number of rotatable bonds is 13. The van der Waals surface area contributed by atoms with Crippen LogP contribution < -0.4 is 10.6 Å². The maximum absolute atomic E-state index is 13.7. The Hall–Kier alpha value is -3.64. The fraction of sp³-hybridized carbons (Fsp3) is 0.533. The molecule has 1 aliphatic heterocycles. The summed E-state index contributed by atoms with van der Waals surface area (Å²) in [6, 6.07) is 1.25. The fourth-order valence-electron chi connectivity index (χ4n) is 5.21. The summed E-state index contributed by atoms with van der Waals surface area (Å²) in [5.41, 5.74) is 0.135. The van der Waals surface area contributed by atoms with Gasteiger partial charge in [-0.15, -0.1) is 0 Å². The van der Waals surface area contributed by atoms with Crippen LogP contribution in [0, 0.1) is 17.6 Å². The number of methoxy groups -OCH3 is 1. The molecule has 3 rings (SSSR count). The molecule has 2 aliphatic rings. The molecule has 0 radical (unpaired) electrons. The number of aliphatic hydroxyl groups is 1. The van der Waals surface area contributed by atoms with Gasteiger partial charge in [-0.25, -0.2) is 13.6 Å². The number of likely N-dealkylation sites (tertiary alicyclic amines) is 1. The highest BCUT2D eigenvalue weighted by Crippen LogP contribution is 2.25. The molecule has 42 heavy (non-hydrogen) atoms. The Kier molecular flexibility index (Phi) is 12.6. The summed E-state index contributed by atoms with van der Waals surface area (Å²) >= 11 is 0. The molecule has 2 fully saturated rings. The number of benzene rings is 1. The molecule has 10 nitrogen and oxygen atoms in total. The van der Waals surface area contributed by atoms with E-state index < -0.39 is 60.3 Å². The number of nitrogens with one attached hydrogen (secondary N) is 2. The molecule has 1 saturated carbocycles. The molecular weight excluding hydrogens is 552 g/mol. The maximum atomic E-state index is 13.7. The van der Waals surface area contributed by atoms with Gasteiger partial charge in [-0.1, -0.05) is 18.9 Å². The topological polar surface area (TPSA) is 134 Å². The van der Waals surface area contributed by atoms with E-state index in [-0.39, 0.29) is 18.4 Å². The highest BCUT2D eigenvalue weighted by Gasteiger charge is 2.34. The van der Waals surface area contributed by atoms with Gasteiger partial charge in [0.25, 0.3) is 0 Å². The lowest BCUT2D eigenvalue weighted by Gasteiger charge is -2.25. The second-order valence-corrected chi connectivity index (χ2v) is 10.6. The quantitative estimate of drug-likeness (QED) is 0.236. The molecule has 1 heterocycles. The zero-order chi connectivity index (χ0) is 30.6. The van der Waals surface area contributed by atoms with Crippen LogP contribution in [0.1, 0.15) is 57.4 Å². The molecule has 3 unspecified atom stereocenters. The average molecular weight is 592 g/mol. The van der Waals surface area contributed by atoms with E-state index >= 15 is 0 Å². The van der Waals surface area contributed by atoms with E-state index in [1.54, 1.807) is 11.8 Å². The molecule has 0 spiro atoms. The number of halogens is 2. The number of ether oxygens (including phenoxy) is 2. The Morgan fingerprint density at radius 1 is 1.10 bits per heavy atom. The average Bonchev–Trinajstić information content (AvgIpc) is 3.66. The van der Waals surface area contributed by atoms with E-state index in [1.807, 2.05) is 6.08 Å². The third-order valence-corrected chi connectivity index (χ3v) is 7.45. The van der Waals surface area contributed by atoms with Crippen molar-refractivity contribution in [1.29, 1.82) is 0 Å². The second-order valence-electron chi connectivity index (χ2n) is 10.6. The Morgan fingerprint density at radius 3 is 2.43 bits per heavy atom. The number of amides is 2. The van der Waals surface area contributed by atoms with Crippen molar-refractivity contribution in [3.8, 4) is 0 Å². The number of esters is 2. The summed E-state index contributed by atoms with van der Waals surface area (Å²) in [5.74, 6) is -3.90. The minimum absolute atomic E-state index is 0.00494. The van der Waals surface area contributed by atoms with Crippen LogP contribution in [0.4, 0.5) is 8.78 Å². The first-order valence-electron chi connectivity index (χ1n) is 14.2. The first-order chi connectivity index (χ1) is 20.1. The molecule has 1 aliphatic carbocycles. The third-order valence-electron chi connectivity index (χ3n) is 7.45. The predicted molar refractivity (Wildman–Crippen MR) is 148 cm³/mol. The van der Waals surface area contributed by atoms with Crippen LogP contribution in [0.5, 0.6) is 0 Å². The summed E-state index contributed by atoms with van der Waals surface area (Å²) < 4.78 is 37.4. The van der Waals surface area contributed by atoms with Crippen molar-refractivity contribution in [2.75, 3.05) is 20.3 Å². The Labute approximate surface area is 244 Å². The van der Waals surface area contributed by atoms with Crippen LogP contribution in [0.15, 0.2) is 42.1 Å². The van der Waals surface area contributed by atoms with Crippen LogP contribution in [0.3, 0.4) is 0 Å². The summed E-state index contributed by atoms with van der Waals surface area (Å²) in [5, 5.41) is 15.0. The summed E-state index contributed by atoms with van der Waals surface area (Å²) in [6.45, 7) is 1.57. The van der Waals surface area contributed by atoms with Crippen LogP contribution >= 0.6 is 0 Å². The van der Waals surface area contributed by atoms with Crippen molar-refractivity contribution in [3.63, 3.8) is 0 Å². The zero-order valence-electron chi connectivity index (χ0n) is 23.9. The normalized spacial score (nSPS) is 19.5. The van der Waals surface area contributed by atoms with Gasteiger partial charge in [0.1, 0.15) is 36.6 Å². The van der Waals surface area contributed by atoms with Crippen molar-refractivity contribution in [1.82, 2.24) is 15.5 Å². The first-order valence-corrected chi connectivity index (χ1v) is 14.2. The SMILES string of the molecule is COC(=O)/C(=C/NC(=O)C(CCc1cc(F)cc(F)c1)NC(=O)/C=C/C1CCCC1)COC(=O)C1CCCN1C(C)O. The van der Waals surface area contributed by atoms with Gasteiger partial charge in [0, 0.05) is 18.8 Å². The van der Waals surface area contributed by atoms with Crippen molar-refractivity contribution >= 4 is 23.8 Å². The second kappa shape index (κ2) is 16.1. The fourth-order valence-corrected chi connectivity index (χ4v) is 5.21. The van der Waals surface area contributed by atoms with Gasteiger partial charge in [0.15, 0.2) is 0 Å². The molecule has 230 valence electrons. The van der Waals surface area contributed by atoms with E-state index in [0.29, 0.717) is 30.9 Å². The lowest BCUT2D eigenvalue weighted by Crippen LogP contribution is -2.45. The number of carbonyl (C=O) groups excluding carboxylic acids is 4. The van der Waals surface area contributed by atoms with Crippen LogP contribution in [-0.2, 0) is 35.1 Å². The van der Waals surface area contributed by atoms with Gasteiger partial charge in [-0.2, -0.15) is 0 Å². The van der Waals surface area contributed by atoms with Gasteiger partial charge in [0.2, 0.25) is 11.8 Å². The predicted octanol–water partition coefficient (Wildman–Crippen LogP) is 2.65. The van der Waals surface area contributed by atoms with Crippen LogP contribution in [0.25, 0.3) is 0 Å². The number of hydrogen-bond donors (Lipinski definition) is 3. The largest absolute Gasteiger partial charge is 0.466 e. The van der Waals surface area contributed by atoms with Gasteiger partial charge < -0.3 is 25.2 Å². The maximum Gasteiger partial charge on any atom is 0.338 e. The van der Waals surface area contributed by atoms with E-state index in [1.165, 1.54) is 6.08 Å². The molecule has 1 aromatic carbocycles. The molecule has 0 aromatic heterocycles. The van der Waals surface area contributed by atoms with E-state index in [0.717, 1.165) is 57.2 Å². The molecule has 3 atom stereocenters. The molecule has 0 bridgehead atoms. The standard InChI is InChI=1S/C30H39F2N3O7/c1-19(36)35-13-5-8-26(35)30(40)42-18-22(29(39)41-2)17-33-28(38)25(11-9-21-14-23(31)16-24(32)15-21)34-27(37)12-10-20-6-3-4-7-20/h10,12,14-17,19-20,25-26,36H,3-9,11,13,18H2,1-2H3,(H,33,38)(H,34,37)/b12-10+,22-17+. The van der Waals surface area contributed by atoms with Crippen molar-refractivity contribution in [3.05, 3.63) is 59.3 Å². The van der Waals surface area contributed by atoms with Crippen molar-refractivity contribution < 1.29 is 42.5 Å². The molecule has 1 aromatic rings. The number of carbonyl (C=O) groups is 4. The van der Waals surface area contributed by atoms with Crippen LogP contribution in [-0.4, -0.2) is 72.3 Å². The monoisotopic (exact) mass is 591 g/mol. The van der Waals surface area contributed by atoms with Gasteiger partial charge in [-0.05, 0) is 75.1 Å². The number of nitrogens with zero attached hydrogens (tertiary/aromatic N) is 1. The first kappa shape index (κ1) is 32.9. The minimum atomic E-state index is -1.12. The minimum Gasteiger partial charge on any atom is -0.466 e. The van der Waals surface area contributed by atoms with Gasteiger partial charge in [0.05, 0.1) is 12.7 Å². The highest BCUT2D eigenvalue weighted by atomic mass is 19.1. The molecule has 2 amide bonds. The summed E-state index contributed by atoms with van der Waals surface area (Å²) in [4.78, 5) is 52.3. The number of hydrogen-bond acceptors (Lipinski definition) is 8. The van der Waals surface area contributed by atoms with Crippen molar-refractivity contribution in [2.45, 2.75) is 76.6 Å². The molecule has 1 saturated heterocycles. The van der Waals surface area contributed by atoms with Gasteiger partial charge in [-0.3, -0.25) is 19.3 Å². The van der Waals surface area contributed by atoms with Crippen LogP contribution in [0.2, 0.25) is 0 Å². The highest BCUT2D eigenvalue weighted by molar-refractivity contribution is 5.94. The lowest BCUT2D eigenvalue weighted by atomic mass is 10.0. The van der Waals surface area contributed by atoms with Gasteiger partial charge >= 0.3 is 11.9 Å². The van der Waals surface area contributed by atoms with E-state index in [2.05, 4.69) is 10.6 Å². The smallest absolute Gasteiger partial charge is 0.338 e. The number of aryl methyl sites for hydroxylation is 1. The summed E-state index contributed by atoms with van der Waals surface area (Å²) in [6.07, 6.45) is 8.82. The Morgan fingerprint density at radius 2 is 1.79 bits per heavy atom. The third kappa shape index (κ3) is 10.0. The van der Waals surface area contributed by atoms with E-state index in [9.17, 15) is 33.1 Å². The number of aliphatic hydroxyl groups excluding tert-OH is 1. The molecule has 3 N–H and O–H groups in total. The lowest BCUT2D eigenvalue weighted by molar-refractivity contribution is -0.152. The summed E-state index contributed by atoms with van der Waals surface area (Å²) in [7, 11) is 1.13.